The summed E-state index contributed by atoms with van der Waals surface area (Å²) in [6, 6.07) is 5.23. The number of rotatable bonds is 2. The minimum Gasteiger partial charge on any atom is -0.384 e. The standard InChI is InChI=1S/C12H17N3O2/c13-11-5-1-4-10(15-11)12(16)14-9-3-2-7-17-8-6-9/h1,4-5,9H,2-3,6-8H2,(H2,13,15)(H,14,16). The van der Waals surface area contributed by atoms with Crippen molar-refractivity contribution in [2.75, 3.05) is 18.9 Å². The first-order valence-corrected chi connectivity index (χ1v) is 5.87. The van der Waals surface area contributed by atoms with Crippen molar-refractivity contribution in [3.8, 4) is 0 Å². The van der Waals surface area contributed by atoms with Crippen LogP contribution in [0.2, 0.25) is 0 Å². The van der Waals surface area contributed by atoms with Crippen molar-refractivity contribution in [3.05, 3.63) is 23.9 Å². The highest BCUT2D eigenvalue weighted by molar-refractivity contribution is 5.92. The van der Waals surface area contributed by atoms with Crippen LogP contribution in [-0.4, -0.2) is 30.1 Å². The molecule has 1 aliphatic heterocycles. The third-order valence-corrected chi connectivity index (χ3v) is 2.79. The van der Waals surface area contributed by atoms with Crippen LogP contribution in [0.3, 0.4) is 0 Å². The zero-order valence-electron chi connectivity index (χ0n) is 9.69. The first-order valence-electron chi connectivity index (χ1n) is 5.87. The predicted octanol–water partition coefficient (Wildman–Crippen LogP) is 0.963. The third-order valence-electron chi connectivity index (χ3n) is 2.79. The van der Waals surface area contributed by atoms with E-state index in [-0.39, 0.29) is 11.9 Å². The zero-order chi connectivity index (χ0) is 12.1. The Hall–Kier alpha value is -1.62. The fraction of sp³-hybridized carbons (Fsp3) is 0.500. The fourth-order valence-corrected chi connectivity index (χ4v) is 1.89. The van der Waals surface area contributed by atoms with E-state index in [1.54, 1.807) is 18.2 Å². The van der Waals surface area contributed by atoms with E-state index in [4.69, 9.17) is 10.5 Å². The van der Waals surface area contributed by atoms with Gasteiger partial charge < -0.3 is 15.8 Å². The quantitative estimate of drug-likeness (QED) is 0.800. The van der Waals surface area contributed by atoms with Gasteiger partial charge in [0.1, 0.15) is 11.5 Å². The van der Waals surface area contributed by atoms with Gasteiger partial charge in [-0.1, -0.05) is 6.07 Å². The molecule has 1 amide bonds. The normalized spacial score (nSPS) is 20.6. The van der Waals surface area contributed by atoms with Crippen molar-refractivity contribution < 1.29 is 9.53 Å². The number of carbonyl (C=O) groups is 1. The lowest BCUT2D eigenvalue weighted by molar-refractivity contribution is 0.0924. The van der Waals surface area contributed by atoms with Crippen molar-refractivity contribution in [2.45, 2.75) is 25.3 Å². The maximum atomic E-state index is 11.9. The lowest BCUT2D eigenvalue weighted by Gasteiger charge is -2.15. The van der Waals surface area contributed by atoms with Crippen LogP contribution in [0.1, 0.15) is 29.8 Å². The maximum absolute atomic E-state index is 11.9. The summed E-state index contributed by atoms with van der Waals surface area (Å²) in [7, 11) is 0. The van der Waals surface area contributed by atoms with E-state index in [1.165, 1.54) is 0 Å². The molecule has 0 aliphatic carbocycles. The molecule has 1 aliphatic rings. The highest BCUT2D eigenvalue weighted by Crippen LogP contribution is 2.09. The second-order valence-corrected chi connectivity index (χ2v) is 4.16. The van der Waals surface area contributed by atoms with Gasteiger partial charge >= 0.3 is 0 Å². The van der Waals surface area contributed by atoms with Gasteiger partial charge in [0, 0.05) is 19.3 Å². The number of pyridine rings is 1. The monoisotopic (exact) mass is 235 g/mol. The van der Waals surface area contributed by atoms with Crippen LogP contribution >= 0.6 is 0 Å². The molecule has 3 N–H and O–H groups in total. The average Bonchev–Trinajstić information content (AvgIpc) is 2.57. The lowest BCUT2D eigenvalue weighted by Crippen LogP contribution is -2.35. The first-order chi connectivity index (χ1) is 8.25. The number of ether oxygens (including phenoxy) is 1. The molecule has 2 rings (SSSR count). The molecule has 1 atom stereocenters. The topological polar surface area (TPSA) is 77.2 Å². The van der Waals surface area contributed by atoms with Gasteiger partial charge in [-0.25, -0.2) is 4.98 Å². The zero-order valence-corrected chi connectivity index (χ0v) is 9.69. The molecule has 1 fully saturated rings. The summed E-state index contributed by atoms with van der Waals surface area (Å²) in [5, 5.41) is 2.97. The molecule has 1 aromatic rings. The number of anilines is 1. The molecular weight excluding hydrogens is 218 g/mol. The molecule has 0 saturated carbocycles. The summed E-state index contributed by atoms with van der Waals surface area (Å²) in [4.78, 5) is 15.9. The molecule has 92 valence electrons. The summed E-state index contributed by atoms with van der Waals surface area (Å²) in [6.45, 7) is 1.48. The van der Waals surface area contributed by atoms with Crippen molar-refractivity contribution in [2.24, 2.45) is 0 Å². The van der Waals surface area contributed by atoms with E-state index in [9.17, 15) is 4.79 Å². The summed E-state index contributed by atoms with van der Waals surface area (Å²) in [5.74, 6) is 0.200. The van der Waals surface area contributed by atoms with Crippen LogP contribution < -0.4 is 11.1 Å². The Kier molecular flexibility index (Phi) is 3.93. The molecule has 0 bridgehead atoms. The smallest absolute Gasteiger partial charge is 0.270 e. The highest BCUT2D eigenvalue weighted by Gasteiger charge is 2.16. The van der Waals surface area contributed by atoms with Crippen LogP contribution in [0.15, 0.2) is 18.2 Å². The molecule has 0 spiro atoms. The Balaban J connectivity index is 1.96. The first kappa shape index (κ1) is 11.9. The van der Waals surface area contributed by atoms with Gasteiger partial charge in [-0.3, -0.25) is 4.79 Å². The maximum Gasteiger partial charge on any atom is 0.270 e. The lowest BCUT2D eigenvalue weighted by atomic mass is 10.1. The average molecular weight is 235 g/mol. The van der Waals surface area contributed by atoms with E-state index >= 15 is 0 Å². The van der Waals surface area contributed by atoms with Crippen molar-refractivity contribution >= 4 is 11.7 Å². The number of amides is 1. The number of nitrogen functional groups attached to an aromatic ring is 1. The Morgan fingerprint density at radius 2 is 2.29 bits per heavy atom. The SMILES string of the molecule is Nc1cccc(C(=O)NC2CCCOCC2)n1. The summed E-state index contributed by atoms with van der Waals surface area (Å²) >= 11 is 0. The van der Waals surface area contributed by atoms with Gasteiger partial charge in [-0.05, 0) is 31.4 Å². The number of carbonyl (C=O) groups excluding carboxylic acids is 1. The number of nitrogens with zero attached hydrogens (tertiary/aromatic N) is 1. The molecule has 0 radical (unpaired) electrons. The van der Waals surface area contributed by atoms with Crippen LogP contribution in [0.25, 0.3) is 0 Å². The molecule has 1 aromatic heterocycles. The predicted molar refractivity (Wildman–Crippen MR) is 64.6 cm³/mol. The molecular formula is C12H17N3O2. The number of nitrogens with one attached hydrogen (secondary N) is 1. The second kappa shape index (κ2) is 5.63. The van der Waals surface area contributed by atoms with Gasteiger partial charge in [-0.2, -0.15) is 0 Å². The van der Waals surface area contributed by atoms with E-state index in [0.717, 1.165) is 25.9 Å². The number of hydrogen-bond donors (Lipinski definition) is 2. The van der Waals surface area contributed by atoms with E-state index in [1.807, 2.05) is 0 Å². The van der Waals surface area contributed by atoms with E-state index < -0.39 is 0 Å². The Bertz CT molecular complexity index is 387. The molecule has 17 heavy (non-hydrogen) atoms. The molecule has 0 aromatic carbocycles. The van der Waals surface area contributed by atoms with Gasteiger partial charge in [0.25, 0.3) is 5.91 Å². The van der Waals surface area contributed by atoms with Crippen LogP contribution in [0.4, 0.5) is 5.82 Å². The Morgan fingerprint density at radius 3 is 3.12 bits per heavy atom. The summed E-state index contributed by atoms with van der Waals surface area (Å²) in [5.41, 5.74) is 5.91. The van der Waals surface area contributed by atoms with E-state index in [0.29, 0.717) is 18.1 Å². The minimum absolute atomic E-state index is 0.163. The fourth-order valence-electron chi connectivity index (χ4n) is 1.89. The molecule has 1 saturated heterocycles. The molecule has 5 nitrogen and oxygen atoms in total. The highest BCUT2D eigenvalue weighted by atomic mass is 16.5. The second-order valence-electron chi connectivity index (χ2n) is 4.16. The summed E-state index contributed by atoms with van der Waals surface area (Å²) in [6.07, 6.45) is 2.79. The van der Waals surface area contributed by atoms with Crippen molar-refractivity contribution in [3.63, 3.8) is 0 Å². The molecule has 5 heteroatoms. The minimum atomic E-state index is -0.163. The third kappa shape index (κ3) is 3.42. The number of aromatic nitrogens is 1. The van der Waals surface area contributed by atoms with Gasteiger partial charge in [0.15, 0.2) is 0 Å². The Labute approximate surface area is 100 Å². The number of hydrogen-bond acceptors (Lipinski definition) is 4. The summed E-state index contributed by atoms with van der Waals surface area (Å²) < 4.78 is 5.34. The van der Waals surface area contributed by atoms with Gasteiger partial charge in [-0.15, -0.1) is 0 Å². The molecule has 2 heterocycles. The molecule has 1 unspecified atom stereocenters. The largest absolute Gasteiger partial charge is 0.384 e. The van der Waals surface area contributed by atoms with Crippen molar-refractivity contribution in [1.82, 2.24) is 10.3 Å². The van der Waals surface area contributed by atoms with Crippen LogP contribution in [-0.2, 0) is 4.74 Å². The number of nitrogens with two attached hydrogens (primary N) is 1. The van der Waals surface area contributed by atoms with Crippen LogP contribution in [0.5, 0.6) is 0 Å². The Morgan fingerprint density at radius 1 is 1.41 bits per heavy atom. The van der Waals surface area contributed by atoms with Gasteiger partial charge in [0.2, 0.25) is 0 Å². The van der Waals surface area contributed by atoms with Crippen molar-refractivity contribution in [1.29, 1.82) is 0 Å². The van der Waals surface area contributed by atoms with Gasteiger partial charge in [0.05, 0.1) is 0 Å². The van der Waals surface area contributed by atoms with Crippen LogP contribution in [0, 0.1) is 0 Å². The van der Waals surface area contributed by atoms with E-state index in [2.05, 4.69) is 10.3 Å².